The number of carbonyl (C=O) groups is 3. The molecular weight excluding hydrogens is 330 g/mol. The molecule has 5 heteroatoms. The van der Waals surface area contributed by atoms with Crippen molar-refractivity contribution < 1.29 is 19.1 Å². The van der Waals surface area contributed by atoms with Crippen LogP contribution in [0.5, 0.6) is 0 Å². The fourth-order valence-electron chi connectivity index (χ4n) is 3.10. The van der Waals surface area contributed by atoms with E-state index < -0.39 is 12.1 Å². The Balaban J connectivity index is 2.09. The number of rotatable bonds is 6. The first-order valence-corrected chi connectivity index (χ1v) is 8.61. The fraction of sp³-hybridized carbons (Fsp3) is 0.381. The number of H-pyrrole nitrogens is 1. The quantitative estimate of drug-likeness (QED) is 0.631. The lowest BCUT2D eigenvalue weighted by Gasteiger charge is -2.13. The van der Waals surface area contributed by atoms with Crippen LogP contribution in [0, 0.1) is 27.7 Å². The van der Waals surface area contributed by atoms with Gasteiger partial charge in [-0.25, -0.2) is 0 Å². The van der Waals surface area contributed by atoms with Crippen LogP contribution in [0.15, 0.2) is 18.2 Å². The van der Waals surface area contributed by atoms with E-state index in [-0.39, 0.29) is 18.0 Å². The van der Waals surface area contributed by atoms with Crippen molar-refractivity contribution in [1.82, 2.24) is 4.98 Å². The van der Waals surface area contributed by atoms with Crippen LogP contribution < -0.4 is 0 Å². The number of benzene rings is 1. The number of ether oxygens (including phenoxy) is 1. The predicted octanol–water partition coefficient (Wildman–Crippen LogP) is 3.81. The molecule has 2 rings (SSSR count). The van der Waals surface area contributed by atoms with Gasteiger partial charge in [-0.15, -0.1) is 0 Å². The van der Waals surface area contributed by atoms with Crippen LogP contribution in [0.25, 0.3) is 0 Å². The van der Waals surface area contributed by atoms with E-state index in [1.807, 2.05) is 32.0 Å². The van der Waals surface area contributed by atoms with Gasteiger partial charge in [-0.05, 0) is 63.8 Å². The van der Waals surface area contributed by atoms with Crippen molar-refractivity contribution in [2.24, 2.45) is 0 Å². The maximum atomic E-state index is 12.6. The Morgan fingerprint density at radius 1 is 1.08 bits per heavy atom. The van der Waals surface area contributed by atoms with Crippen LogP contribution in [-0.2, 0) is 16.0 Å². The Hall–Kier alpha value is -2.69. The second kappa shape index (κ2) is 7.68. The molecule has 0 spiro atoms. The van der Waals surface area contributed by atoms with Crippen LogP contribution in [0.3, 0.4) is 0 Å². The average molecular weight is 355 g/mol. The largest absolute Gasteiger partial charge is 0.454 e. The molecule has 0 aliphatic carbocycles. The maximum Gasteiger partial charge on any atom is 0.310 e. The van der Waals surface area contributed by atoms with Gasteiger partial charge in [-0.1, -0.05) is 18.2 Å². The molecular formula is C21H25NO4. The highest BCUT2D eigenvalue weighted by atomic mass is 16.5. The number of hydrogen-bond donors (Lipinski definition) is 1. The molecule has 0 unspecified atom stereocenters. The van der Waals surface area contributed by atoms with Crippen LogP contribution in [-0.4, -0.2) is 28.6 Å². The summed E-state index contributed by atoms with van der Waals surface area (Å²) >= 11 is 0. The van der Waals surface area contributed by atoms with Crippen molar-refractivity contribution in [3.05, 3.63) is 57.4 Å². The summed E-state index contributed by atoms with van der Waals surface area (Å²) in [6, 6.07) is 5.79. The molecule has 1 atom stereocenters. The summed E-state index contributed by atoms with van der Waals surface area (Å²) in [5.41, 5.74) is 5.19. The van der Waals surface area contributed by atoms with Crippen LogP contribution in [0.2, 0.25) is 0 Å². The second-order valence-electron chi connectivity index (χ2n) is 6.77. The van der Waals surface area contributed by atoms with Crippen LogP contribution in [0.1, 0.15) is 62.6 Å². The van der Waals surface area contributed by atoms with E-state index in [0.29, 0.717) is 22.5 Å². The highest BCUT2D eigenvalue weighted by molar-refractivity contribution is 6.05. The molecule has 0 amide bonds. The van der Waals surface area contributed by atoms with Crippen molar-refractivity contribution in [2.45, 2.75) is 54.1 Å². The number of ketones is 2. The third-order valence-electron chi connectivity index (χ3n) is 4.63. The summed E-state index contributed by atoms with van der Waals surface area (Å²) in [5, 5.41) is 0. The van der Waals surface area contributed by atoms with Crippen molar-refractivity contribution in [1.29, 1.82) is 0 Å². The number of aryl methyl sites for hydroxylation is 3. The number of nitrogens with one attached hydrogen (secondary N) is 1. The first-order chi connectivity index (χ1) is 12.1. The lowest BCUT2D eigenvalue weighted by atomic mass is 10.0. The van der Waals surface area contributed by atoms with Gasteiger partial charge in [-0.3, -0.25) is 14.4 Å². The summed E-state index contributed by atoms with van der Waals surface area (Å²) in [4.78, 5) is 39.5. The van der Waals surface area contributed by atoms with Gasteiger partial charge < -0.3 is 9.72 Å². The molecule has 0 aliphatic heterocycles. The molecule has 1 aromatic heterocycles. The van der Waals surface area contributed by atoms with E-state index in [9.17, 15) is 14.4 Å². The Morgan fingerprint density at radius 3 is 2.27 bits per heavy atom. The summed E-state index contributed by atoms with van der Waals surface area (Å²) in [7, 11) is 0. The van der Waals surface area contributed by atoms with Gasteiger partial charge in [0.05, 0.1) is 12.1 Å². The van der Waals surface area contributed by atoms with E-state index in [0.717, 1.165) is 16.7 Å². The zero-order valence-corrected chi connectivity index (χ0v) is 16.1. The standard InChI is InChI=1S/C21H25NO4/c1-11-7-8-17(9-12(11)2)10-18(24)26-16(6)21(25)20-13(3)19(15(5)23)14(4)22-20/h7-9,16,22H,10H2,1-6H3/t16-/m1/s1. The molecule has 5 nitrogen and oxygen atoms in total. The number of Topliss-reactive ketones (excluding diaryl/α,β-unsaturated/α-hetero) is 2. The normalized spacial score (nSPS) is 11.9. The summed E-state index contributed by atoms with van der Waals surface area (Å²) in [6.45, 7) is 10.5. The molecule has 1 N–H and O–H groups in total. The SMILES string of the molecule is CC(=O)c1c(C)[nH]c(C(=O)[C@@H](C)OC(=O)Cc2ccc(C)c(C)c2)c1C. The minimum absolute atomic E-state index is 0.102. The third kappa shape index (κ3) is 4.10. The molecule has 0 radical (unpaired) electrons. The number of aromatic amines is 1. The summed E-state index contributed by atoms with van der Waals surface area (Å²) < 4.78 is 5.31. The molecule has 0 saturated carbocycles. The van der Waals surface area contributed by atoms with Crippen molar-refractivity contribution in [3.8, 4) is 0 Å². The number of carbonyl (C=O) groups excluding carboxylic acids is 3. The molecule has 0 bridgehead atoms. The summed E-state index contributed by atoms with van der Waals surface area (Å²) in [6.07, 6.45) is -0.814. The highest BCUT2D eigenvalue weighted by Gasteiger charge is 2.26. The van der Waals surface area contributed by atoms with E-state index in [4.69, 9.17) is 4.74 Å². The zero-order valence-electron chi connectivity index (χ0n) is 16.1. The first kappa shape index (κ1) is 19.6. The molecule has 138 valence electrons. The Bertz CT molecular complexity index is 876. The second-order valence-corrected chi connectivity index (χ2v) is 6.77. The van der Waals surface area contributed by atoms with Gasteiger partial charge >= 0.3 is 5.97 Å². The van der Waals surface area contributed by atoms with E-state index in [1.54, 1.807) is 20.8 Å². The Labute approximate surface area is 153 Å². The lowest BCUT2D eigenvalue weighted by Crippen LogP contribution is -2.26. The fourth-order valence-corrected chi connectivity index (χ4v) is 3.10. The number of esters is 1. The van der Waals surface area contributed by atoms with E-state index in [2.05, 4.69) is 4.98 Å². The van der Waals surface area contributed by atoms with Crippen molar-refractivity contribution in [2.75, 3.05) is 0 Å². The molecule has 1 aromatic carbocycles. The van der Waals surface area contributed by atoms with Gasteiger partial charge in [0.1, 0.15) is 0 Å². The average Bonchev–Trinajstić information content (AvgIpc) is 2.84. The smallest absolute Gasteiger partial charge is 0.310 e. The molecule has 1 heterocycles. The lowest BCUT2D eigenvalue weighted by molar-refractivity contribution is -0.145. The van der Waals surface area contributed by atoms with Crippen LogP contribution in [0.4, 0.5) is 0 Å². The van der Waals surface area contributed by atoms with E-state index >= 15 is 0 Å². The number of hydrogen-bond acceptors (Lipinski definition) is 4. The molecule has 0 saturated heterocycles. The molecule has 0 fully saturated rings. The van der Waals surface area contributed by atoms with Crippen molar-refractivity contribution in [3.63, 3.8) is 0 Å². The van der Waals surface area contributed by atoms with Crippen molar-refractivity contribution >= 4 is 17.5 Å². The topological polar surface area (TPSA) is 76.2 Å². The van der Waals surface area contributed by atoms with Gasteiger partial charge in [0.15, 0.2) is 11.9 Å². The van der Waals surface area contributed by atoms with Gasteiger partial charge in [0, 0.05) is 11.3 Å². The highest BCUT2D eigenvalue weighted by Crippen LogP contribution is 2.20. The summed E-state index contributed by atoms with van der Waals surface area (Å²) in [5.74, 6) is -0.900. The Morgan fingerprint density at radius 2 is 1.73 bits per heavy atom. The molecule has 26 heavy (non-hydrogen) atoms. The minimum atomic E-state index is -0.925. The number of aromatic nitrogens is 1. The maximum absolute atomic E-state index is 12.6. The van der Waals surface area contributed by atoms with Gasteiger partial charge in [-0.2, -0.15) is 0 Å². The Kier molecular flexibility index (Phi) is 5.80. The zero-order chi connectivity index (χ0) is 19.6. The third-order valence-corrected chi connectivity index (χ3v) is 4.63. The first-order valence-electron chi connectivity index (χ1n) is 8.61. The predicted molar refractivity (Wildman–Crippen MR) is 99.8 cm³/mol. The van der Waals surface area contributed by atoms with Gasteiger partial charge in [0.2, 0.25) is 5.78 Å². The van der Waals surface area contributed by atoms with E-state index in [1.165, 1.54) is 6.92 Å². The minimum Gasteiger partial charge on any atom is -0.454 e. The monoisotopic (exact) mass is 355 g/mol. The van der Waals surface area contributed by atoms with Crippen LogP contribution >= 0.6 is 0 Å². The molecule has 2 aromatic rings. The molecule has 0 aliphatic rings. The van der Waals surface area contributed by atoms with Gasteiger partial charge in [0.25, 0.3) is 0 Å².